The lowest BCUT2D eigenvalue weighted by Gasteiger charge is -2.10. The molecule has 0 aliphatic rings. The van der Waals surface area contributed by atoms with Gasteiger partial charge in [0.2, 0.25) is 0 Å². The Morgan fingerprint density at radius 2 is 1.19 bits per heavy atom. The van der Waals surface area contributed by atoms with Gasteiger partial charge in [-0.2, -0.15) is 10.2 Å². The molecule has 0 saturated heterocycles. The molecule has 0 radical (unpaired) electrons. The van der Waals surface area contributed by atoms with E-state index in [4.69, 9.17) is 0 Å². The van der Waals surface area contributed by atoms with Crippen molar-refractivity contribution < 1.29 is 5.11 Å². The summed E-state index contributed by atoms with van der Waals surface area (Å²) in [6.45, 7) is 0.761. The standard InChI is InChI=1S/C19H18N6O/c26-15(13-24-11-7-18(22-24)16-5-1-3-9-20-16)14-25-12-8-19(23-25)17-6-2-4-10-21-17/h1-12,15,26H,13-14H2. The second kappa shape index (κ2) is 7.28. The van der Waals surface area contributed by atoms with Crippen LogP contribution >= 0.6 is 0 Å². The number of nitrogens with zero attached hydrogens (tertiary/aromatic N) is 6. The van der Waals surface area contributed by atoms with Gasteiger partial charge in [-0.05, 0) is 36.4 Å². The molecule has 0 unspecified atom stereocenters. The predicted octanol–water partition coefficient (Wildman–Crippen LogP) is 2.26. The van der Waals surface area contributed by atoms with E-state index in [0.717, 1.165) is 22.8 Å². The first-order valence-corrected chi connectivity index (χ1v) is 8.36. The van der Waals surface area contributed by atoms with Crippen LogP contribution in [0.5, 0.6) is 0 Å². The first kappa shape index (κ1) is 16.2. The van der Waals surface area contributed by atoms with Gasteiger partial charge < -0.3 is 5.11 Å². The van der Waals surface area contributed by atoms with Crippen molar-refractivity contribution in [1.82, 2.24) is 29.5 Å². The molecule has 0 atom stereocenters. The van der Waals surface area contributed by atoms with Crippen molar-refractivity contribution in [3.8, 4) is 22.8 Å². The maximum atomic E-state index is 10.4. The SMILES string of the molecule is OC(Cn1ccc(-c2ccccn2)n1)Cn1ccc(-c2ccccn2)n1. The second-order valence-corrected chi connectivity index (χ2v) is 5.93. The Hall–Kier alpha value is -3.32. The summed E-state index contributed by atoms with van der Waals surface area (Å²) in [5.74, 6) is 0. The van der Waals surface area contributed by atoms with Crippen LogP contribution in [0.25, 0.3) is 22.8 Å². The van der Waals surface area contributed by atoms with Gasteiger partial charge in [0.25, 0.3) is 0 Å². The molecule has 0 aliphatic heterocycles. The Morgan fingerprint density at radius 3 is 1.62 bits per heavy atom. The number of aliphatic hydroxyl groups is 1. The molecule has 4 rings (SSSR count). The maximum Gasteiger partial charge on any atom is 0.111 e. The minimum absolute atomic E-state index is 0.381. The number of hydrogen-bond donors (Lipinski definition) is 1. The Balaban J connectivity index is 1.40. The molecule has 130 valence electrons. The highest BCUT2D eigenvalue weighted by molar-refractivity contribution is 5.53. The van der Waals surface area contributed by atoms with E-state index in [1.54, 1.807) is 21.8 Å². The van der Waals surface area contributed by atoms with Gasteiger partial charge >= 0.3 is 0 Å². The van der Waals surface area contributed by atoms with Crippen LogP contribution in [0.2, 0.25) is 0 Å². The van der Waals surface area contributed by atoms with Gasteiger partial charge in [0.1, 0.15) is 11.4 Å². The minimum atomic E-state index is -0.608. The topological polar surface area (TPSA) is 81.6 Å². The van der Waals surface area contributed by atoms with Crippen LogP contribution in [-0.2, 0) is 13.1 Å². The third-order valence-corrected chi connectivity index (χ3v) is 3.93. The van der Waals surface area contributed by atoms with Crippen molar-refractivity contribution in [2.24, 2.45) is 0 Å². The fraction of sp³-hybridized carbons (Fsp3) is 0.158. The summed E-state index contributed by atoms with van der Waals surface area (Å²) in [4.78, 5) is 8.56. The van der Waals surface area contributed by atoms with E-state index in [9.17, 15) is 5.11 Å². The lowest BCUT2D eigenvalue weighted by molar-refractivity contribution is 0.126. The van der Waals surface area contributed by atoms with Gasteiger partial charge in [-0.25, -0.2) is 0 Å². The van der Waals surface area contributed by atoms with E-state index in [1.165, 1.54) is 0 Å². The highest BCUT2D eigenvalue weighted by Crippen LogP contribution is 2.14. The molecule has 0 aromatic carbocycles. The van der Waals surface area contributed by atoms with Crippen molar-refractivity contribution >= 4 is 0 Å². The molecule has 0 spiro atoms. The summed E-state index contributed by atoms with van der Waals surface area (Å²) in [5, 5.41) is 19.3. The Bertz CT molecular complexity index is 884. The zero-order valence-corrected chi connectivity index (χ0v) is 14.1. The van der Waals surface area contributed by atoms with E-state index < -0.39 is 6.10 Å². The third kappa shape index (κ3) is 3.68. The van der Waals surface area contributed by atoms with Crippen molar-refractivity contribution in [2.75, 3.05) is 0 Å². The number of aliphatic hydroxyl groups excluding tert-OH is 1. The van der Waals surface area contributed by atoms with Crippen molar-refractivity contribution in [3.05, 3.63) is 73.3 Å². The Morgan fingerprint density at radius 1 is 0.692 bits per heavy atom. The van der Waals surface area contributed by atoms with E-state index in [-0.39, 0.29) is 0 Å². The molecular weight excluding hydrogens is 328 g/mol. The van der Waals surface area contributed by atoms with Crippen LogP contribution in [0, 0.1) is 0 Å². The predicted molar refractivity (Wildman–Crippen MR) is 96.9 cm³/mol. The van der Waals surface area contributed by atoms with Gasteiger partial charge in [0.15, 0.2) is 0 Å². The lowest BCUT2D eigenvalue weighted by Crippen LogP contribution is -2.22. The fourth-order valence-electron chi connectivity index (χ4n) is 2.72. The zero-order chi connectivity index (χ0) is 17.8. The van der Waals surface area contributed by atoms with Crippen LogP contribution in [-0.4, -0.2) is 40.7 Å². The third-order valence-electron chi connectivity index (χ3n) is 3.93. The van der Waals surface area contributed by atoms with Crippen LogP contribution in [0.15, 0.2) is 73.3 Å². The summed E-state index contributed by atoms with van der Waals surface area (Å²) in [6.07, 6.45) is 6.55. The van der Waals surface area contributed by atoms with Crippen molar-refractivity contribution in [3.63, 3.8) is 0 Å². The first-order chi connectivity index (χ1) is 12.8. The molecule has 4 aromatic heterocycles. The van der Waals surface area contributed by atoms with Gasteiger partial charge in [-0.15, -0.1) is 0 Å². The molecule has 7 nitrogen and oxygen atoms in total. The van der Waals surface area contributed by atoms with Gasteiger partial charge in [-0.3, -0.25) is 19.3 Å². The number of hydrogen-bond acceptors (Lipinski definition) is 5. The quantitative estimate of drug-likeness (QED) is 0.579. The lowest BCUT2D eigenvalue weighted by atomic mass is 10.3. The first-order valence-electron chi connectivity index (χ1n) is 8.36. The Labute approximate surface area is 150 Å². The molecule has 4 heterocycles. The van der Waals surface area contributed by atoms with E-state index in [0.29, 0.717) is 13.1 Å². The van der Waals surface area contributed by atoms with Gasteiger partial charge in [-0.1, -0.05) is 12.1 Å². The summed E-state index contributed by atoms with van der Waals surface area (Å²) in [6, 6.07) is 15.2. The summed E-state index contributed by atoms with van der Waals surface area (Å²) < 4.78 is 3.44. The number of aromatic nitrogens is 6. The maximum absolute atomic E-state index is 10.4. The smallest absolute Gasteiger partial charge is 0.111 e. The Kier molecular flexibility index (Phi) is 4.53. The molecule has 1 N–H and O–H groups in total. The summed E-state index contributed by atoms with van der Waals surface area (Å²) in [5.41, 5.74) is 3.20. The normalized spacial score (nSPS) is 11.2. The molecule has 0 bridgehead atoms. The molecule has 0 saturated carbocycles. The van der Waals surface area contributed by atoms with Crippen LogP contribution in [0.1, 0.15) is 0 Å². The zero-order valence-electron chi connectivity index (χ0n) is 14.1. The average molecular weight is 346 g/mol. The van der Waals surface area contributed by atoms with E-state index >= 15 is 0 Å². The fourth-order valence-corrected chi connectivity index (χ4v) is 2.72. The summed E-state index contributed by atoms with van der Waals surface area (Å²) in [7, 11) is 0. The van der Waals surface area contributed by atoms with E-state index in [2.05, 4.69) is 20.2 Å². The van der Waals surface area contributed by atoms with Crippen LogP contribution < -0.4 is 0 Å². The van der Waals surface area contributed by atoms with Crippen LogP contribution in [0.3, 0.4) is 0 Å². The van der Waals surface area contributed by atoms with Gasteiger partial charge in [0.05, 0.1) is 30.6 Å². The minimum Gasteiger partial charge on any atom is -0.389 e. The van der Waals surface area contributed by atoms with Crippen molar-refractivity contribution in [2.45, 2.75) is 19.2 Å². The average Bonchev–Trinajstić information content (AvgIpc) is 3.33. The van der Waals surface area contributed by atoms with Crippen LogP contribution in [0.4, 0.5) is 0 Å². The molecule has 0 fully saturated rings. The number of pyridine rings is 2. The summed E-state index contributed by atoms with van der Waals surface area (Å²) >= 11 is 0. The highest BCUT2D eigenvalue weighted by atomic mass is 16.3. The molecule has 0 aliphatic carbocycles. The van der Waals surface area contributed by atoms with Crippen molar-refractivity contribution in [1.29, 1.82) is 0 Å². The highest BCUT2D eigenvalue weighted by Gasteiger charge is 2.11. The van der Waals surface area contributed by atoms with Gasteiger partial charge in [0, 0.05) is 24.8 Å². The largest absolute Gasteiger partial charge is 0.389 e. The van der Waals surface area contributed by atoms with E-state index in [1.807, 2.05) is 60.9 Å². The second-order valence-electron chi connectivity index (χ2n) is 5.93. The molecular formula is C19H18N6O. The molecule has 26 heavy (non-hydrogen) atoms. The molecule has 0 amide bonds. The number of rotatable bonds is 6. The monoisotopic (exact) mass is 346 g/mol. The molecule has 4 aromatic rings. The molecule has 7 heteroatoms.